The van der Waals surface area contributed by atoms with Crippen molar-refractivity contribution in [3.05, 3.63) is 27.8 Å². The van der Waals surface area contributed by atoms with Gasteiger partial charge in [0.15, 0.2) is 0 Å². The minimum absolute atomic E-state index is 0.841. The number of ether oxygens (including phenoxy) is 1. The molecule has 0 amide bonds. The van der Waals surface area contributed by atoms with E-state index in [0.29, 0.717) is 0 Å². The van der Waals surface area contributed by atoms with Crippen molar-refractivity contribution in [2.75, 3.05) is 39.8 Å². The summed E-state index contributed by atoms with van der Waals surface area (Å²) >= 11 is 6.29. The van der Waals surface area contributed by atoms with Gasteiger partial charge in [0.25, 0.3) is 0 Å². The summed E-state index contributed by atoms with van der Waals surface area (Å²) in [6.07, 6.45) is 0.996. The van der Waals surface area contributed by atoms with Gasteiger partial charge in [-0.05, 0) is 37.5 Å². The Hall–Kier alpha value is -0.770. The number of rotatable bonds is 4. The molecule has 19 heavy (non-hydrogen) atoms. The van der Waals surface area contributed by atoms with Crippen LogP contribution in [0.15, 0.2) is 6.07 Å². The smallest absolute Gasteiger partial charge is 0.125 e. The van der Waals surface area contributed by atoms with Crippen LogP contribution >= 0.6 is 11.6 Å². The number of nitrogens with zero attached hydrogens (tertiary/aromatic N) is 1. The molecule has 2 rings (SSSR count). The molecule has 1 N–H and O–H groups in total. The van der Waals surface area contributed by atoms with Crippen LogP contribution in [0.3, 0.4) is 0 Å². The summed E-state index contributed by atoms with van der Waals surface area (Å²) in [5.41, 5.74) is 3.53. The summed E-state index contributed by atoms with van der Waals surface area (Å²) in [4.78, 5) is 2.49. The lowest BCUT2D eigenvalue weighted by Crippen LogP contribution is -2.44. The Morgan fingerprint density at radius 1 is 1.32 bits per heavy atom. The Morgan fingerprint density at radius 2 is 2.00 bits per heavy atom. The highest BCUT2D eigenvalue weighted by Gasteiger charge is 2.15. The van der Waals surface area contributed by atoms with Crippen LogP contribution in [0.2, 0.25) is 5.02 Å². The molecule has 0 unspecified atom stereocenters. The second-order valence-electron chi connectivity index (χ2n) is 5.15. The Labute approximate surface area is 120 Å². The molecule has 0 saturated carbocycles. The van der Waals surface area contributed by atoms with Crippen LogP contribution in [0.25, 0.3) is 0 Å². The predicted molar refractivity (Wildman–Crippen MR) is 80.5 cm³/mol. The molecule has 0 radical (unpaired) electrons. The number of methoxy groups -OCH3 is 1. The summed E-state index contributed by atoms with van der Waals surface area (Å²) in [6, 6.07) is 1.99. The van der Waals surface area contributed by atoms with Crippen molar-refractivity contribution in [1.29, 1.82) is 0 Å². The summed E-state index contributed by atoms with van der Waals surface area (Å²) in [7, 11) is 1.74. The molecule has 1 heterocycles. The molecule has 1 aromatic rings. The fraction of sp³-hybridized carbons (Fsp3) is 0.600. The van der Waals surface area contributed by atoms with E-state index in [0.717, 1.165) is 61.0 Å². The van der Waals surface area contributed by atoms with Crippen molar-refractivity contribution in [1.82, 2.24) is 10.2 Å². The molecule has 3 nitrogen and oxygen atoms in total. The monoisotopic (exact) mass is 282 g/mol. The van der Waals surface area contributed by atoms with E-state index < -0.39 is 0 Å². The minimum atomic E-state index is 0.841. The quantitative estimate of drug-likeness (QED) is 0.918. The highest BCUT2D eigenvalue weighted by molar-refractivity contribution is 6.31. The molecule has 1 aromatic carbocycles. The van der Waals surface area contributed by atoms with Crippen LogP contribution in [0.1, 0.15) is 16.7 Å². The first-order valence-corrected chi connectivity index (χ1v) is 7.27. The second-order valence-corrected chi connectivity index (χ2v) is 5.56. The molecule has 4 heteroatoms. The van der Waals surface area contributed by atoms with Crippen LogP contribution in [-0.4, -0.2) is 44.7 Å². The molecule has 1 aliphatic heterocycles. The van der Waals surface area contributed by atoms with Gasteiger partial charge in [-0.3, -0.25) is 0 Å². The van der Waals surface area contributed by atoms with Gasteiger partial charge in [0.1, 0.15) is 5.75 Å². The van der Waals surface area contributed by atoms with Crippen molar-refractivity contribution >= 4 is 11.6 Å². The highest BCUT2D eigenvalue weighted by atomic mass is 35.5. The van der Waals surface area contributed by atoms with E-state index in [9.17, 15) is 0 Å². The zero-order valence-electron chi connectivity index (χ0n) is 12.1. The van der Waals surface area contributed by atoms with Gasteiger partial charge in [0, 0.05) is 43.3 Å². The Bertz CT molecular complexity index is 442. The fourth-order valence-corrected chi connectivity index (χ4v) is 2.98. The number of piperazine rings is 1. The second kappa shape index (κ2) is 6.60. The summed E-state index contributed by atoms with van der Waals surface area (Å²) < 4.78 is 5.56. The Kier molecular flexibility index (Phi) is 5.08. The lowest BCUT2D eigenvalue weighted by Gasteiger charge is -2.27. The lowest BCUT2D eigenvalue weighted by atomic mass is 10.0. The van der Waals surface area contributed by atoms with Crippen LogP contribution in [-0.2, 0) is 6.42 Å². The van der Waals surface area contributed by atoms with E-state index in [2.05, 4.69) is 24.1 Å². The topological polar surface area (TPSA) is 24.5 Å². The molecule has 0 aromatic heterocycles. The molecule has 0 atom stereocenters. The Morgan fingerprint density at radius 3 is 2.63 bits per heavy atom. The molecule has 0 bridgehead atoms. The molecule has 106 valence electrons. The van der Waals surface area contributed by atoms with Crippen LogP contribution in [0.5, 0.6) is 5.75 Å². The molecular weight excluding hydrogens is 260 g/mol. The van der Waals surface area contributed by atoms with E-state index in [-0.39, 0.29) is 0 Å². The zero-order valence-corrected chi connectivity index (χ0v) is 12.8. The first kappa shape index (κ1) is 14.6. The molecule has 0 spiro atoms. The number of nitrogens with one attached hydrogen (secondary N) is 1. The first-order chi connectivity index (χ1) is 9.13. The summed E-state index contributed by atoms with van der Waals surface area (Å²) in [6.45, 7) is 9.63. The summed E-state index contributed by atoms with van der Waals surface area (Å²) in [5, 5.41) is 4.22. The van der Waals surface area contributed by atoms with Gasteiger partial charge in [-0.25, -0.2) is 0 Å². The average Bonchev–Trinajstić information content (AvgIpc) is 2.42. The van der Waals surface area contributed by atoms with E-state index in [1.165, 1.54) is 5.56 Å². The molecule has 0 aliphatic carbocycles. The van der Waals surface area contributed by atoms with Gasteiger partial charge >= 0.3 is 0 Å². The van der Waals surface area contributed by atoms with Gasteiger partial charge in [-0.15, -0.1) is 0 Å². The standard InChI is InChI=1S/C15H23ClN2O/c1-11-10-14(16)12(2)13(15(11)19-3)4-7-18-8-5-17-6-9-18/h10,17H,4-9H2,1-3H3. The van der Waals surface area contributed by atoms with Gasteiger partial charge < -0.3 is 15.0 Å². The van der Waals surface area contributed by atoms with E-state index in [4.69, 9.17) is 16.3 Å². The third-order valence-corrected chi connectivity index (χ3v) is 4.27. The van der Waals surface area contributed by atoms with Gasteiger partial charge in [-0.2, -0.15) is 0 Å². The van der Waals surface area contributed by atoms with E-state index in [1.54, 1.807) is 7.11 Å². The van der Waals surface area contributed by atoms with Gasteiger partial charge in [-0.1, -0.05) is 11.6 Å². The summed E-state index contributed by atoms with van der Waals surface area (Å²) in [5.74, 6) is 0.997. The Balaban J connectivity index is 2.13. The number of halogens is 1. The van der Waals surface area contributed by atoms with E-state index in [1.807, 2.05) is 6.07 Å². The first-order valence-electron chi connectivity index (χ1n) is 6.89. The number of aryl methyl sites for hydroxylation is 1. The third kappa shape index (κ3) is 3.41. The van der Waals surface area contributed by atoms with Crippen LogP contribution in [0, 0.1) is 13.8 Å². The average molecular weight is 283 g/mol. The third-order valence-electron chi connectivity index (χ3n) is 3.88. The maximum absolute atomic E-state index is 6.29. The van der Waals surface area contributed by atoms with Crippen LogP contribution < -0.4 is 10.1 Å². The number of benzene rings is 1. The lowest BCUT2D eigenvalue weighted by molar-refractivity contribution is 0.243. The fourth-order valence-electron chi connectivity index (χ4n) is 2.71. The van der Waals surface area contributed by atoms with Crippen molar-refractivity contribution in [2.45, 2.75) is 20.3 Å². The van der Waals surface area contributed by atoms with Gasteiger partial charge in [0.05, 0.1) is 7.11 Å². The van der Waals surface area contributed by atoms with Crippen molar-refractivity contribution in [2.24, 2.45) is 0 Å². The molecule has 1 aliphatic rings. The zero-order chi connectivity index (χ0) is 13.8. The van der Waals surface area contributed by atoms with Crippen molar-refractivity contribution in [3.63, 3.8) is 0 Å². The number of hydrogen-bond acceptors (Lipinski definition) is 3. The van der Waals surface area contributed by atoms with Crippen molar-refractivity contribution in [3.8, 4) is 5.75 Å². The SMILES string of the molecule is COc1c(C)cc(Cl)c(C)c1CCN1CCNCC1. The van der Waals surface area contributed by atoms with E-state index >= 15 is 0 Å². The highest BCUT2D eigenvalue weighted by Crippen LogP contribution is 2.32. The maximum Gasteiger partial charge on any atom is 0.125 e. The normalized spacial score (nSPS) is 16.6. The molecular formula is C15H23ClN2O. The minimum Gasteiger partial charge on any atom is -0.496 e. The van der Waals surface area contributed by atoms with Crippen molar-refractivity contribution < 1.29 is 4.74 Å². The number of hydrogen-bond donors (Lipinski definition) is 1. The largest absolute Gasteiger partial charge is 0.496 e. The maximum atomic E-state index is 6.29. The predicted octanol–water partition coefficient (Wildman–Crippen LogP) is 2.41. The van der Waals surface area contributed by atoms with Crippen LogP contribution in [0.4, 0.5) is 0 Å². The molecule has 1 saturated heterocycles. The molecule has 1 fully saturated rings. The van der Waals surface area contributed by atoms with Gasteiger partial charge in [0.2, 0.25) is 0 Å².